The normalized spacial score (nSPS) is 31.0. The summed E-state index contributed by atoms with van der Waals surface area (Å²) in [7, 11) is 0. The topological polar surface area (TPSA) is 32.3 Å². The van der Waals surface area contributed by atoms with Gasteiger partial charge < -0.3 is 10.2 Å². The fourth-order valence-corrected chi connectivity index (χ4v) is 4.45. The second-order valence-electron chi connectivity index (χ2n) is 7.65. The molecule has 4 atom stereocenters. The Labute approximate surface area is 157 Å². The Morgan fingerprint density at radius 1 is 1.12 bits per heavy atom. The highest BCUT2D eigenvalue weighted by atomic mass is 35.5. The predicted octanol–water partition coefficient (Wildman–Crippen LogP) is 3.69. The van der Waals surface area contributed by atoms with E-state index < -0.39 is 11.7 Å². The number of carbonyl (C=O) groups is 1. The number of hydrogen-bond acceptors (Lipinski definition) is 2. The molecule has 3 fully saturated rings. The van der Waals surface area contributed by atoms with Crippen LogP contribution >= 0.6 is 12.4 Å². The minimum absolute atomic E-state index is 0. The summed E-state index contributed by atoms with van der Waals surface area (Å²) in [5.41, 5.74) is 0.0160. The summed E-state index contributed by atoms with van der Waals surface area (Å²) in [6.07, 6.45) is -1.60. The average Bonchev–Trinajstić information content (AvgIpc) is 3.31. The first-order chi connectivity index (χ1) is 11.9. The number of nitrogens with zero attached hydrogens (tertiary/aromatic N) is 1. The smallest absolute Gasteiger partial charge is 0.342 e. The standard InChI is InChI=1S/C19H23F3N2O.ClH/c20-19(21,22)15-3-1-2-12(8-15)16-9-17(16)18(25)24-6-4-13-10-23-11-14(13)5-7-24;/h1-3,8,13-14,16-17,23H,4-7,9-11H2;1H/t13-,14+,16?,17?;. The van der Waals surface area contributed by atoms with Crippen LogP contribution in [0.3, 0.4) is 0 Å². The molecule has 0 bridgehead atoms. The fraction of sp³-hybridized carbons (Fsp3) is 0.632. The Kier molecular flexibility index (Phi) is 5.54. The number of carbonyl (C=O) groups excluding carboxylic acids is 1. The van der Waals surface area contributed by atoms with Crippen LogP contribution in [0, 0.1) is 17.8 Å². The molecule has 3 aliphatic rings. The highest BCUT2D eigenvalue weighted by Gasteiger charge is 2.47. The molecule has 1 aliphatic carbocycles. The molecule has 1 aromatic carbocycles. The third-order valence-electron chi connectivity index (χ3n) is 6.08. The van der Waals surface area contributed by atoms with Crippen LogP contribution in [0.15, 0.2) is 24.3 Å². The van der Waals surface area contributed by atoms with Crippen molar-refractivity contribution in [2.24, 2.45) is 17.8 Å². The lowest BCUT2D eigenvalue weighted by Crippen LogP contribution is -2.34. The molecule has 0 spiro atoms. The molecular formula is C19H24ClF3N2O. The van der Waals surface area contributed by atoms with Gasteiger partial charge in [-0.2, -0.15) is 13.2 Å². The number of hydrogen-bond donors (Lipinski definition) is 1. The molecule has 1 amide bonds. The van der Waals surface area contributed by atoms with Gasteiger partial charge in [0.25, 0.3) is 0 Å². The molecule has 144 valence electrons. The summed E-state index contributed by atoms with van der Waals surface area (Å²) < 4.78 is 38.6. The van der Waals surface area contributed by atoms with E-state index in [4.69, 9.17) is 0 Å². The van der Waals surface area contributed by atoms with Gasteiger partial charge in [-0.05, 0) is 61.7 Å². The van der Waals surface area contributed by atoms with Crippen molar-refractivity contribution in [3.05, 3.63) is 35.4 Å². The van der Waals surface area contributed by atoms with Crippen molar-refractivity contribution >= 4 is 18.3 Å². The maximum atomic E-state index is 12.9. The Hall–Kier alpha value is -1.27. The van der Waals surface area contributed by atoms with Gasteiger partial charge in [0.05, 0.1) is 5.56 Å². The number of likely N-dealkylation sites (tertiary alicyclic amines) is 1. The van der Waals surface area contributed by atoms with E-state index in [1.165, 1.54) is 12.1 Å². The monoisotopic (exact) mass is 388 g/mol. The maximum Gasteiger partial charge on any atom is 0.416 e. The Balaban J connectivity index is 0.00000196. The number of halogens is 4. The van der Waals surface area contributed by atoms with Gasteiger partial charge in [0.2, 0.25) is 5.91 Å². The molecule has 0 aromatic heterocycles. The van der Waals surface area contributed by atoms with Crippen molar-refractivity contribution in [1.29, 1.82) is 0 Å². The third-order valence-corrected chi connectivity index (χ3v) is 6.08. The molecule has 4 rings (SSSR count). The lowest BCUT2D eigenvalue weighted by molar-refractivity contribution is -0.137. The first kappa shape index (κ1) is 19.5. The zero-order valence-electron chi connectivity index (χ0n) is 14.5. The Morgan fingerprint density at radius 3 is 2.38 bits per heavy atom. The first-order valence-electron chi connectivity index (χ1n) is 9.10. The minimum Gasteiger partial charge on any atom is -0.342 e. The average molecular weight is 389 g/mol. The number of amides is 1. The maximum absolute atomic E-state index is 12.9. The summed E-state index contributed by atoms with van der Waals surface area (Å²) in [6.45, 7) is 3.66. The Bertz CT molecular complexity index is 652. The summed E-state index contributed by atoms with van der Waals surface area (Å²) in [4.78, 5) is 14.7. The van der Waals surface area contributed by atoms with Crippen LogP contribution in [-0.2, 0) is 11.0 Å². The van der Waals surface area contributed by atoms with Crippen molar-refractivity contribution in [1.82, 2.24) is 10.2 Å². The summed E-state index contributed by atoms with van der Waals surface area (Å²) in [5.74, 6) is 1.27. The number of rotatable bonds is 2. The molecule has 0 radical (unpaired) electrons. The van der Waals surface area contributed by atoms with Crippen molar-refractivity contribution in [2.75, 3.05) is 26.2 Å². The van der Waals surface area contributed by atoms with Crippen molar-refractivity contribution in [3.63, 3.8) is 0 Å². The van der Waals surface area contributed by atoms with E-state index in [9.17, 15) is 18.0 Å². The molecule has 2 unspecified atom stereocenters. The first-order valence-corrected chi connectivity index (χ1v) is 9.10. The van der Waals surface area contributed by atoms with Crippen LogP contribution in [0.4, 0.5) is 13.2 Å². The van der Waals surface area contributed by atoms with Gasteiger partial charge in [-0.3, -0.25) is 4.79 Å². The predicted molar refractivity (Wildman–Crippen MR) is 95.2 cm³/mol. The second kappa shape index (κ2) is 7.39. The van der Waals surface area contributed by atoms with Gasteiger partial charge >= 0.3 is 6.18 Å². The summed E-state index contributed by atoms with van der Waals surface area (Å²) in [5, 5.41) is 3.42. The van der Waals surface area contributed by atoms with Gasteiger partial charge in [-0.25, -0.2) is 0 Å². The van der Waals surface area contributed by atoms with E-state index in [0.717, 1.165) is 45.1 Å². The van der Waals surface area contributed by atoms with Crippen molar-refractivity contribution < 1.29 is 18.0 Å². The molecule has 2 saturated heterocycles. The lowest BCUT2D eigenvalue weighted by atomic mass is 9.92. The number of nitrogens with one attached hydrogen (secondary N) is 1. The number of fused-ring (bicyclic) bond motifs is 1. The highest BCUT2D eigenvalue weighted by molar-refractivity contribution is 5.85. The van der Waals surface area contributed by atoms with E-state index in [1.54, 1.807) is 6.07 Å². The second-order valence-corrected chi connectivity index (χ2v) is 7.65. The summed E-state index contributed by atoms with van der Waals surface area (Å²) >= 11 is 0. The molecule has 1 saturated carbocycles. The quantitative estimate of drug-likeness (QED) is 0.838. The van der Waals surface area contributed by atoms with E-state index in [2.05, 4.69) is 5.32 Å². The van der Waals surface area contributed by atoms with E-state index in [-0.39, 0.29) is 30.2 Å². The van der Waals surface area contributed by atoms with Gasteiger partial charge in [-0.1, -0.05) is 18.2 Å². The molecule has 1 aromatic rings. The zero-order valence-corrected chi connectivity index (χ0v) is 15.3. The SMILES string of the molecule is Cl.O=C(C1CC1c1cccc(C(F)(F)F)c1)N1CC[C@@H]2CNC[C@@H]2CC1. The van der Waals surface area contributed by atoms with Crippen LogP contribution in [0.2, 0.25) is 0 Å². The molecule has 2 aliphatic heterocycles. The molecular weight excluding hydrogens is 365 g/mol. The molecule has 1 N–H and O–H groups in total. The minimum atomic E-state index is -4.33. The van der Waals surface area contributed by atoms with E-state index >= 15 is 0 Å². The zero-order chi connectivity index (χ0) is 17.6. The van der Waals surface area contributed by atoms with Crippen LogP contribution in [0.5, 0.6) is 0 Å². The van der Waals surface area contributed by atoms with Crippen LogP contribution in [-0.4, -0.2) is 37.0 Å². The third kappa shape index (κ3) is 3.86. The van der Waals surface area contributed by atoms with Crippen LogP contribution in [0.1, 0.15) is 36.3 Å². The fourth-order valence-electron chi connectivity index (χ4n) is 4.45. The van der Waals surface area contributed by atoms with Crippen LogP contribution in [0.25, 0.3) is 0 Å². The van der Waals surface area contributed by atoms with Gasteiger partial charge in [0.1, 0.15) is 0 Å². The number of alkyl halides is 3. The van der Waals surface area contributed by atoms with Gasteiger partial charge in [0, 0.05) is 19.0 Å². The van der Waals surface area contributed by atoms with E-state index in [0.29, 0.717) is 23.8 Å². The van der Waals surface area contributed by atoms with Crippen molar-refractivity contribution in [3.8, 4) is 0 Å². The highest BCUT2D eigenvalue weighted by Crippen LogP contribution is 2.49. The van der Waals surface area contributed by atoms with Gasteiger partial charge in [0.15, 0.2) is 0 Å². The molecule has 7 heteroatoms. The summed E-state index contributed by atoms with van der Waals surface area (Å²) in [6, 6.07) is 5.45. The Morgan fingerprint density at radius 2 is 1.77 bits per heavy atom. The van der Waals surface area contributed by atoms with E-state index in [1.807, 2.05) is 4.90 Å². The molecule has 2 heterocycles. The lowest BCUT2D eigenvalue weighted by Gasteiger charge is -2.21. The van der Waals surface area contributed by atoms with Gasteiger partial charge in [-0.15, -0.1) is 12.4 Å². The number of benzene rings is 1. The van der Waals surface area contributed by atoms with Crippen molar-refractivity contribution in [2.45, 2.75) is 31.4 Å². The largest absolute Gasteiger partial charge is 0.416 e. The molecule has 26 heavy (non-hydrogen) atoms. The van der Waals surface area contributed by atoms with Crippen LogP contribution < -0.4 is 5.32 Å². The molecule has 3 nitrogen and oxygen atoms in total.